The van der Waals surface area contributed by atoms with E-state index in [1.54, 1.807) is 12.3 Å². The maximum atomic E-state index is 5.64. The maximum Gasteiger partial charge on any atom is 0.216 e. The molecular weight excluding hydrogens is 202 g/mol. The summed E-state index contributed by atoms with van der Waals surface area (Å²) in [5, 5.41) is 3.29. The van der Waals surface area contributed by atoms with Crippen LogP contribution in [0.2, 0.25) is 0 Å². The van der Waals surface area contributed by atoms with Gasteiger partial charge in [0.15, 0.2) is 0 Å². The number of halogens is 1. The molecular formula is C9H14ClN3O. The van der Waals surface area contributed by atoms with Gasteiger partial charge in [-0.3, -0.25) is 0 Å². The van der Waals surface area contributed by atoms with Crippen molar-refractivity contribution in [1.29, 1.82) is 0 Å². The summed E-state index contributed by atoms with van der Waals surface area (Å²) in [5.41, 5.74) is 0. The summed E-state index contributed by atoms with van der Waals surface area (Å²) in [6.07, 6.45) is 5.75. The Bertz CT molecular complexity index is 251. The number of ether oxygens (including phenoxy) is 1. The van der Waals surface area contributed by atoms with Gasteiger partial charge in [-0.15, -0.1) is 12.4 Å². The van der Waals surface area contributed by atoms with E-state index in [-0.39, 0.29) is 18.5 Å². The van der Waals surface area contributed by atoms with Crippen LogP contribution in [0, 0.1) is 0 Å². The zero-order valence-electron chi connectivity index (χ0n) is 7.85. The van der Waals surface area contributed by atoms with Crippen molar-refractivity contribution in [3.63, 3.8) is 0 Å². The van der Waals surface area contributed by atoms with E-state index in [0.717, 1.165) is 19.5 Å². The molecule has 0 aromatic carbocycles. The lowest BCUT2D eigenvalue weighted by atomic mass is 10.1. The SMILES string of the molecule is Cl.c1cc(O[C@H]2CCCNC2)ncn1. The monoisotopic (exact) mass is 215 g/mol. The van der Waals surface area contributed by atoms with Crippen LogP contribution in [-0.4, -0.2) is 29.2 Å². The van der Waals surface area contributed by atoms with Gasteiger partial charge in [0.25, 0.3) is 0 Å². The van der Waals surface area contributed by atoms with Gasteiger partial charge in [0.1, 0.15) is 12.4 Å². The first-order valence-electron chi connectivity index (χ1n) is 4.58. The molecule has 1 aliphatic heterocycles. The molecule has 4 nitrogen and oxygen atoms in total. The molecule has 1 atom stereocenters. The normalized spacial score (nSPS) is 21.0. The van der Waals surface area contributed by atoms with Gasteiger partial charge in [-0.05, 0) is 19.4 Å². The quantitative estimate of drug-likeness (QED) is 0.801. The smallest absolute Gasteiger partial charge is 0.216 e. The summed E-state index contributed by atoms with van der Waals surface area (Å²) in [5.74, 6) is 0.670. The summed E-state index contributed by atoms with van der Waals surface area (Å²) in [4.78, 5) is 7.84. The molecule has 0 aliphatic carbocycles. The van der Waals surface area contributed by atoms with Crippen molar-refractivity contribution < 1.29 is 4.74 Å². The van der Waals surface area contributed by atoms with Gasteiger partial charge in [-0.2, -0.15) is 0 Å². The molecule has 0 unspecified atom stereocenters. The Morgan fingerprint density at radius 2 is 2.43 bits per heavy atom. The van der Waals surface area contributed by atoms with Crippen molar-refractivity contribution >= 4 is 12.4 Å². The minimum atomic E-state index is 0. The average molecular weight is 216 g/mol. The van der Waals surface area contributed by atoms with Crippen LogP contribution >= 0.6 is 12.4 Å². The average Bonchev–Trinajstić information content (AvgIpc) is 2.21. The first kappa shape index (κ1) is 11.2. The van der Waals surface area contributed by atoms with Crippen molar-refractivity contribution in [1.82, 2.24) is 15.3 Å². The Morgan fingerprint density at radius 1 is 1.50 bits per heavy atom. The van der Waals surface area contributed by atoms with Gasteiger partial charge in [-0.1, -0.05) is 0 Å². The lowest BCUT2D eigenvalue weighted by Crippen LogP contribution is -2.37. The highest BCUT2D eigenvalue weighted by Crippen LogP contribution is 2.10. The first-order chi connectivity index (χ1) is 6.45. The molecule has 5 heteroatoms. The molecule has 1 aliphatic rings. The Morgan fingerprint density at radius 3 is 3.07 bits per heavy atom. The molecule has 1 N–H and O–H groups in total. The molecule has 0 spiro atoms. The molecule has 14 heavy (non-hydrogen) atoms. The summed E-state index contributed by atoms with van der Waals surface area (Å²) in [6, 6.07) is 1.79. The van der Waals surface area contributed by atoms with Crippen LogP contribution in [0.3, 0.4) is 0 Å². The lowest BCUT2D eigenvalue weighted by Gasteiger charge is -2.22. The van der Waals surface area contributed by atoms with Gasteiger partial charge in [-0.25, -0.2) is 9.97 Å². The van der Waals surface area contributed by atoms with Crippen LogP contribution in [0.5, 0.6) is 5.88 Å². The van der Waals surface area contributed by atoms with E-state index < -0.39 is 0 Å². The zero-order chi connectivity index (χ0) is 8.93. The van der Waals surface area contributed by atoms with E-state index in [2.05, 4.69) is 15.3 Å². The minimum Gasteiger partial charge on any atom is -0.473 e. The molecule has 0 bridgehead atoms. The van der Waals surface area contributed by atoms with Gasteiger partial charge in [0.05, 0.1) is 0 Å². The molecule has 2 heterocycles. The fourth-order valence-corrected chi connectivity index (χ4v) is 1.44. The van der Waals surface area contributed by atoms with Gasteiger partial charge < -0.3 is 10.1 Å². The highest BCUT2D eigenvalue weighted by molar-refractivity contribution is 5.85. The first-order valence-corrected chi connectivity index (χ1v) is 4.58. The summed E-state index contributed by atoms with van der Waals surface area (Å²) in [7, 11) is 0. The Hall–Kier alpha value is -0.870. The number of nitrogens with one attached hydrogen (secondary N) is 1. The topological polar surface area (TPSA) is 47.0 Å². The maximum absolute atomic E-state index is 5.64. The summed E-state index contributed by atoms with van der Waals surface area (Å²) in [6.45, 7) is 2.02. The van der Waals surface area contributed by atoms with Crippen LogP contribution in [0.15, 0.2) is 18.6 Å². The second kappa shape index (κ2) is 5.78. The molecule has 0 saturated carbocycles. The van der Waals surface area contributed by atoms with E-state index in [1.807, 2.05) is 0 Å². The van der Waals surface area contributed by atoms with Crippen molar-refractivity contribution in [3.05, 3.63) is 18.6 Å². The Kier molecular flexibility index (Phi) is 4.62. The predicted molar refractivity (Wildman–Crippen MR) is 55.8 cm³/mol. The van der Waals surface area contributed by atoms with Crippen molar-refractivity contribution in [3.8, 4) is 5.88 Å². The molecule has 0 amide bonds. The number of rotatable bonds is 2. The standard InChI is InChI=1S/C9H13N3O.ClH/c1-2-8(6-10-4-1)13-9-3-5-11-7-12-9;/h3,5,7-8,10H,1-2,4,6H2;1H/t8-;/m0./s1. The molecule has 78 valence electrons. The molecule has 1 aromatic heterocycles. The number of hydrogen-bond donors (Lipinski definition) is 1. The number of nitrogens with zero attached hydrogens (tertiary/aromatic N) is 2. The second-order valence-corrected chi connectivity index (χ2v) is 3.13. The van der Waals surface area contributed by atoms with Gasteiger partial charge in [0.2, 0.25) is 5.88 Å². The third kappa shape index (κ3) is 3.12. The summed E-state index contributed by atoms with van der Waals surface area (Å²) < 4.78 is 5.64. The summed E-state index contributed by atoms with van der Waals surface area (Å²) >= 11 is 0. The molecule has 2 rings (SSSR count). The van der Waals surface area contributed by atoms with Crippen LogP contribution in [0.4, 0.5) is 0 Å². The van der Waals surface area contributed by atoms with Crippen LogP contribution < -0.4 is 10.1 Å². The molecule has 1 fully saturated rings. The third-order valence-electron chi connectivity index (χ3n) is 2.09. The van der Waals surface area contributed by atoms with Crippen LogP contribution in [0.1, 0.15) is 12.8 Å². The largest absolute Gasteiger partial charge is 0.473 e. The fraction of sp³-hybridized carbons (Fsp3) is 0.556. The number of aromatic nitrogens is 2. The van der Waals surface area contributed by atoms with E-state index in [4.69, 9.17) is 4.74 Å². The molecule has 0 radical (unpaired) electrons. The third-order valence-corrected chi connectivity index (χ3v) is 2.09. The fourth-order valence-electron chi connectivity index (χ4n) is 1.44. The minimum absolute atomic E-state index is 0. The molecule has 1 saturated heterocycles. The van der Waals surface area contributed by atoms with Crippen LogP contribution in [0.25, 0.3) is 0 Å². The highest BCUT2D eigenvalue weighted by Gasteiger charge is 2.14. The van der Waals surface area contributed by atoms with E-state index >= 15 is 0 Å². The van der Waals surface area contributed by atoms with E-state index in [9.17, 15) is 0 Å². The predicted octanol–water partition coefficient (Wildman–Crippen LogP) is 1.03. The zero-order valence-corrected chi connectivity index (χ0v) is 8.67. The number of hydrogen-bond acceptors (Lipinski definition) is 4. The van der Waals surface area contributed by atoms with Gasteiger partial charge >= 0.3 is 0 Å². The van der Waals surface area contributed by atoms with Crippen molar-refractivity contribution in [2.24, 2.45) is 0 Å². The van der Waals surface area contributed by atoms with Gasteiger partial charge in [0, 0.05) is 18.8 Å². The van der Waals surface area contributed by atoms with Crippen molar-refractivity contribution in [2.75, 3.05) is 13.1 Å². The van der Waals surface area contributed by atoms with E-state index in [1.165, 1.54) is 12.7 Å². The van der Waals surface area contributed by atoms with E-state index in [0.29, 0.717) is 5.88 Å². The number of piperidine rings is 1. The lowest BCUT2D eigenvalue weighted by molar-refractivity contribution is 0.160. The highest BCUT2D eigenvalue weighted by atomic mass is 35.5. The Labute approximate surface area is 89.5 Å². The van der Waals surface area contributed by atoms with Crippen molar-refractivity contribution in [2.45, 2.75) is 18.9 Å². The Balaban J connectivity index is 0.000000980. The second-order valence-electron chi connectivity index (χ2n) is 3.13. The van der Waals surface area contributed by atoms with Crippen LogP contribution in [-0.2, 0) is 0 Å². The molecule has 1 aromatic rings.